The summed E-state index contributed by atoms with van der Waals surface area (Å²) in [6.07, 6.45) is 20.9. The van der Waals surface area contributed by atoms with Crippen molar-refractivity contribution >= 4 is 29.8 Å². The third kappa shape index (κ3) is 53.5. The minimum absolute atomic E-state index is 0.00916. The zero-order valence-electron chi connectivity index (χ0n) is 77.3. The van der Waals surface area contributed by atoms with E-state index in [2.05, 4.69) is 275 Å². The molecule has 0 fully saturated rings. The Labute approximate surface area is 751 Å². The van der Waals surface area contributed by atoms with E-state index in [0.29, 0.717) is 19.0 Å². The van der Waals surface area contributed by atoms with Crippen molar-refractivity contribution in [2.75, 3.05) is 19.7 Å². The lowest BCUT2D eigenvalue weighted by molar-refractivity contribution is -0.384. The molecule has 1 atom stereocenters. The molecule has 0 saturated heterocycles. The zero-order chi connectivity index (χ0) is 93.6. The highest BCUT2D eigenvalue weighted by atomic mass is 19.4. The van der Waals surface area contributed by atoms with Crippen molar-refractivity contribution in [2.45, 2.75) is 231 Å². The number of alkyl halides is 3. The maximum atomic E-state index is 12.7. The number of benzene rings is 11. The highest BCUT2D eigenvalue weighted by Crippen LogP contribution is 2.37. The number of rotatable bonds is 29. The first kappa shape index (κ1) is 112. The van der Waals surface area contributed by atoms with Gasteiger partial charge in [0, 0.05) is 36.3 Å². The van der Waals surface area contributed by atoms with Gasteiger partial charge in [-0.15, -0.1) is 0 Å². The third-order valence-corrected chi connectivity index (χ3v) is 18.8. The molecule has 11 aromatic rings. The molecule has 9 nitrogen and oxygen atoms in total. The first-order valence-corrected chi connectivity index (χ1v) is 44.4. The number of nitro benzene ring substituents is 1. The largest absolute Gasteiger partial charge is 0.494 e. The van der Waals surface area contributed by atoms with E-state index in [9.17, 15) is 50.4 Å². The fourth-order valence-electron chi connectivity index (χ4n) is 11.2. The first-order chi connectivity index (χ1) is 60.6. The number of hydrogen-bond donors (Lipinski definition) is 3. The number of carbonyl (C=O) groups excluding carboxylic acids is 2. The number of nitrogens with zero attached hydrogens (tertiary/aromatic N) is 1. The Morgan fingerprint density at radius 2 is 0.786 bits per heavy atom. The van der Waals surface area contributed by atoms with Gasteiger partial charge in [-0.2, -0.15) is 13.2 Å². The molecule has 0 spiro atoms. The van der Waals surface area contributed by atoms with Crippen LogP contribution < -0.4 is 20.7 Å². The second-order valence-corrected chi connectivity index (χ2v) is 30.0. The second-order valence-electron chi connectivity index (χ2n) is 30.0. The summed E-state index contributed by atoms with van der Waals surface area (Å²) in [7, 11) is 0. The molecule has 0 saturated carbocycles. The minimum atomic E-state index is -5.48. The SMILES string of the molecule is C=Cc1ccc(CCC)cc1.C=Cc1cccc(CCC)c1.CCCCCc1ccccc1.CCCCNC(=O)NC(C)c1ccccc1.CCCCNC(=O)c1ccc([N+](=O)[O-])cc1.CCCCOc1ccccc1.CCCCc1ccc(C)cc1.CCCc1ccccc1.Cc1c(F)c(F)c(C(F)(F)F)c(F)c1F.Cc1ccc(C)cc1.Cc1ccccc1. The van der Waals surface area contributed by atoms with Gasteiger partial charge in [-0.1, -0.05) is 397 Å². The van der Waals surface area contributed by atoms with E-state index >= 15 is 0 Å². The number of ether oxygens (including phenoxy) is 1. The summed E-state index contributed by atoms with van der Waals surface area (Å²) < 4.78 is 92.2. The van der Waals surface area contributed by atoms with Gasteiger partial charge in [0.15, 0.2) is 23.3 Å². The topological polar surface area (TPSA) is 123 Å². The summed E-state index contributed by atoms with van der Waals surface area (Å²) in [4.78, 5) is 32.9. The monoisotopic (exact) mass is 1730 g/mol. The molecule has 126 heavy (non-hydrogen) atoms. The molecule has 3 N–H and O–H groups in total. The molecular formula is C110H141F7N4O5. The average molecular weight is 1730 g/mol. The molecule has 680 valence electrons. The minimum Gasteiger partial charge on any atom is -0.494 e. The predicted molar refractivity (Wildman–Crippen MR) is 518 cm³/mol. The van der Waals surface area contributed by atoms with Crippen molar-refractivity contribution in [2.24, 2.45) is 0 Å². The summed E-state index contributed by atoms with van der Waals surface area (Å²) in [5.74, 6) is -8.16. The lowest BCUT2D eigenvalue weighted by atomic mass is 10.1. The van der Waals surface area contributed by atoms with Crippen LogP contribution in [0.4, 0.5) is 41.2 Å². The van der Waals surface area contributed by atoms with Gasteiger partial charge in [0.2, 0.25) is 0 Å². The second kappa shape index (κ2) is 70.6. The Hall–Kier alpha value is -11.7. The number of non-ortho nitro benzene ring substituents is 1. The van der Waals surface area contributed by atoms with Crippen LogP contribution in [0.25, 0.3) is 12.2 Å². The number of unbranched alkanes of at least 4 members (excludes halogenated alkanes) is 6. The van der Waals surface area contributed by atoms with Gasteiger partial charge < -0.3 is 20.7 Å². The first-order valence-electron chi connectivity index (χ1n) is 44.4. The number of hydrogen-bond acceptors (Lipinski definition) is 5. The molecule has 0 radical (unpaired) electrons. The van der Waals surface area contributed by atoms with Gasteiger partial charge in [-0.3, -0.25) is 14.9 Å². The Morgan fingerprint density at radius 3 is 1.21 bits per heavy atom. The quantitative estimate of drug-likeness (QED) is 0.0142. The normalized spacial score (nSPS) is 10.2. The van der Waals surface area contributed by atoms with Crippen LogP contribution >= 0.6 is 0 Å². The number of nitro groups is 1. The molecule has 3 amide bonds. The summed E-state index contributed by atoms with van der Waals surface area (Å²) in [6, 6.07) is 91.3. The Kier molecular flexibility index (Phi) is 63.0. The Bertz CT molecular complexity index is 4500. The van der Waals surface area contributed by atoms with Gasteiger partial charge >= 0.3 is 12.2 Å². The van der Waals surface area contributed by atoms with Crippen LogP contribution in [-0.2, 0) is 38.3 Å². The number of carbonyl (C=O) groups is 2. The van der Waals surface area contributed by atoms with Crippen molar-refractivity contribution in [3.8, 4) is 5.75 Å². The summed E-state index contributed by atoms with van der Waals surface area (Å²) >= 11 is 0. The molecule has 11 aromatic carbocycles. The van der Waals surface area contributed by atoms with Crippen molar-refractivity contribution in [3.05, 3.63) is 403 Å². The number of nitrogens with one attached hydrogen (secondary N) is 3. The standard InChI is InChI=1S/C13H20N2O.C11H14N2O3.C11H16.2C11H14.C11H16.C10H14O.C9H12.C8H3F7.C8H10.C7H8/c1-3-4-10-14-13(16)15-11(2)12-8-6-5-7-9-12;1-2-3-8-12-11(14)9-4-6-10(7-5-9)13(15)16;1-3-4-5-11-8-6-10(2)7-9-11;1-3-6-11-8-5-7-10(4-2)9-11;1-3-5-11-8-6-10(4-2)7-9-11;1-2-3-5-8-11-9-6-4-7-10-11;1-2-3-9-11-10-7-5-4-6-8-10;1-2-6-9-7-4-3-5-8-9;1-2-4(9)6(11)3(8(13,14)15)7(12)5(2)10;1-7-3-5-8(2)6-4-7;1-7-5-3-2-4-6-7/h5-9,11H,3-4,10H2,1-2H3,(H2,14,15,16);4-7H,2-3,8H2,1H3,(H,12,14);6-9H,3-5H2,1-2H3;4-5,7-9H,2-3,6H2,1H3;4,6-9H,2-3,5H2,1H3;4,6-7,9-10H,2-3,5,8H2,1H3;4-8H,2-3,9H2,1H3;3-5,7-8H,2,6H2,1H3;1H3;3-6H,1-2H3;2-6H,1H3. The summed E-state index contributed by atoms with van der Waals surface area (Å²) in [6.45, 7) is 38.0. The van der Waals surface area contributed by atoms with Crippen LogP contribution in [0.15, 0.2) is 286 Å². The molecule has 0 aliphatic rings. The lowest BCUT2D eigenvalue weighted by Gasteiger charge is -2.14. The van der Waals surface area contributed by atoms with Crippen LogP contribution in [0.2, 0.25) is 0 Å². The molecule has 0 aliphatic carbocycles. The van der Waals surface area contributed by atoms with E-state index < -0.39 is 45.5 Å². The van der Waals surface area contributed by atoms with E-state index in [0.717, 1.165) is 56.6 Å². The molecular weight excluding hydrogens is 1590 g/mol. The van der Waals surface area contributed by atoms with Crippen molar-refractivity contribution < 1.29 is 50.0 Å². The maximum absolute atomic E-state index is 12.7. The fourth-order valence-corrected chi connectivity index (χ4v) is 11.2. The van der Waals surface area contributed by atoms with Crippen molar-refractivity contribution in [1.29, 1.82) is 0 Å². The molecule has 11 rings (SSSR count). The average Bonchev–Trinajstić information content (AvgIpc) is 0.774. The fraction of sp³-hybridized carbons (Fsp3) is 0.345. The Balaban J connectivity index is 0.000000698. The highest BCUT2D eigenvalue weighted by molar-refractivity contribution is 5.94. The number of halogens is 7. The van der Waals surface area contributed by atoms with Gasteiger partial charge in [-0.05, 0) is 175 Å². The number of para-hydroxylation sites is 1. The van der Waals surface area contributed by atoms with Crippen LogP contribution in [-0.4, -0.2) is 36.6 Å². The zero-order valence-corrected chi connectivity index (χ0v) is 77.3. The van der Waals surface area contributed by atoms with Crippen LogP contribution in [0.5, 0.6) is 5.75 Å². The van der Waals surface area contributed by atoms with E-state index in [1.54, 1.807) is 0 Å². The van der Waals surface area contributed by atoms with Gasteiger partial charge in [0.25, 0.3) is 11.6 Å². The molecule has 0 aliphatic heterocycles. The maximum Gasteiger partial charge on any atom is 0.422 e. The van der Waals surface area contributed by atoms with Crippen LogP contribution in [0, 0.1) is 68.0 Å². The van der Waals surface area contributed by atoms with Gasteiger partial charge in [0.1, 0.15) is 11.3 Å². The summed E-state index contributed by atoms with van der Waals surface area (Å²) in [5.41, 5.74) is 12.8. The van der Waals surface area contributed by atoms with E-state index in [-0.39, 0.29) is 23.7 Å². The summed E-state index contributed by atoms with van der Waals surface area (Å²) in [5, 5.41) is 18.9. The number of aryl methyl sites for hydroxylation is 9. The van der Waals surface area contributed by atoms with Gasteiger partial charge in [-0.25, -0.2) is 22.4 Å². The number of urea groups is 1. The van der Waals surface area contributed by atoms with E-state index in [1.807, 2.05) is 105 Å². The van der Waals surface area contributed by atoms with E-state index in [4.69, 9.17) is 4.74 Å². The number of amides is 3. The van der Waals surface area contributed by atoms with Crippen LogP contribution in [0.1, 0.15) is 246 Å². The van der Waals surface area contributed by atoms with Crippen molar-refractivity contribution in [1.82, 2.24) is 16.0 Å². The molecule has 0 heterocycles. The predicted octanol–water partition coefficient (Wildman–Crippen LogP) is 31.7. The third-order valence-electron chi connectivity index (χ3n) is 18.8. The highest BCUT2D eigenvalue weighted by Gasteiger charge is 2.41. The van der Waals surface area contributed by atoms with Crippen molar-refractivity contribution in [3.63, 3.8) is 0 Å². The van der Waals surface area contributed by atoms with Gasteiger partial charge in [0.05, 0.1) is 17.6 Å². The Morgan fingerprint density at radius 1 is 0.405 bits per heavy atom. The molecule has 0 bridgehead atoms. The lowest BCUT2D eigenvalue weighted by Crippen LogP contribution is -2.37. The molecule has 0 aromatic heterocycles. The molecule has 16 heteroatoms. The molecule has 1 unspecified atom stereocenters. The smallest absolute Gasteiger partial charge is 0.422 e. The van der Waals surface area contributed by atoms with E-state index in [1.165, 1.54) is 175 Å². The van der Waals surface area contributed by atoms with Crippen LogP contribution in [0.3, 0.4) is 0 Å².